The maximum absolute atomic E-state index is 10.0. The van der Waals surface area contributed by atoms with Crippen LogP contribution < -0.4 is 10.2 Å². The van der Waals surface area contributed by atoms with Crippen LogP contribution in [0.3, 0.4) is 0 Å². The zero-order chi connectivity index (χ0) is 22.3. The average Bonchev–Trinajstić information content (AvgIpc) is 2.47. The molecule has 0 aliphatic carbocycles. The van der Waals surface area contributed by atoms with Crippen molar-refractivity contribution in [1.29, 1.82) is 0 Å². The van der Waals surface area contributed by atoms with Crippen LogP contribution in [-0.2, 0) is 36.2 Å². The first-order valence-corrected chi connectivity index (χ1v) is 10.3. The quantitative estimate of drug-likeness (QED) is 0.475. The summed E-state index contributed by atoms with van der Waals surface area (Å²) >= 11 is -0.574. The predicted molar refractivity (Wildman–Crippen MR) is 93.5 cm³/mol. The van der Waals surface area contributed by atoms with Crippen LogP contribution in [-0.4, -0.2) is 45.6 Å². The number of carboxylic acids is 2. The minimum Gasteiger partial charge on any atom is -0.547 e. The van der Waals surface area contributed by atoms with Gasteiger partial charge in [0.05, 0.1) is 11.9 Å². The molecule has 2 atom stereocenters. The van der Waals surface area contributed by atoms with E-state index >= 15 is 0 Å². The zero-order valence-corrected chi connectivity index (χ0v) is 19.4. The van der Waals surface area contributed by atoms with Crippen LogP contribution in [0.1, 0.15) is 81.1 Å². The Labute approximate surface area is 173 Å². The number of hydrogen-bond acceptors (Lipinski definition) is 8. The molecule has 160 valence electrons. The van der Waals surface area contributed by atoms with Crippen LogP contribution >= 0.6 is 0 Å². The Morgan fingerprint density at radius 3 is 1.22 bits per heavy atom. The van der Waals surface area contributed by atoms with E-state index in [0.29, 0.717) is 25.0 Å². The van der Waals surface area contributed by atoms with Crippen LogP contribution in [0.25, 0.3) is 0 Å². The molecule has 0 spiro atoms. The molecular weight excluding hydrogens is 392 g/mol. The second-order valence-corrected chi connectivity index (χ2v) is 8.04. The first kappa shape index (κ1) is 31.2. The van der Waals surface area contributed by atoms with Gasteiger partial charge in [-0.15, -0.1) is 0 Å². The van der Waals surface area contributed by atoms with E-state index in [4.69, 9.17) is 16.8 Å². The topological polar surface area (TPSA) is 139 Å². The van der Waals surface area contributed by atoms with Crippen molar-refractivity contribution in [3.05, 3.63) is 0 Å². The molecule has 0 radical (unpaired) electrons. The van der Waals surface area contributed by atoms with Gasteiger partial charge in [-0.3, -0.25) is 0 Å². The summed E-state index contributed by atoms with van der Waals surface area (Å²) < 4.78 is 10.5. The fraction of sp³-hybridized carbons (Fsp3) is 0.889. The third-order valence-electron chi connectivity index (χ3n) is 2.92. The summed E-state index contributed by atoms with van der Waals surface area (Å²) in [5, 5.41) is 38.0. The van der Waals surface area contributed by atoms with Gasteiger partial charge in [-0.25, -0.2) is 0 Å². The molecule has 0 fully saturated rings. The first-order valence-electron chi connectivity index (χ1n) is 9.07. The minimum absolute atomic E-state index is 0.245. The number of aliphatic hydroxyl groups is 2. The van der Waals surface area contributed by atoms with E-state index in [1.807, 2.05) is 27.7 Å². The number of rotatable bonds is 10. The fourth-order valence-electron chi connectivity index (χ4n) is 1.40. The Kier molecular flexibility index (Phi) is 19.0. The molecule has 8 nitrogen and oxygen atoms in total. The Morgan fingerprint density at radius 2 is 1.11 bits per heavy atom. The molecule has 0 saturated carbocycles. The van der Waals surface area contributed by atoms with Gasteiger partial charge in [0.15, 0.2) is 0 Å². The van der Waals surface area contributed by atoms with Gasteiger partial charge in [0, 0.05) is 0 Å². The summed E-state index contributed by atoms with van der Waals surface area (Å²) in [5.41, 5.74) is -3.29. The summed E-state index contributed by atoms with van der Waals surface area (Å²) in [6.45, 7) is 14.2. The number of carbonyl (C=O) groups is 2. The van der Waals surface area contributed by atoms with Crippen molar-refractivity contribution in [1.82, 2.24) is 0 Å². The van der Waals surface area contributed by atoms with Crippen LogP contribution in [0.2, 0.25) is 0 Å². The smallest absolute Gasteiger partial charge is 0.101 e. The summed E-state index contributed by atoms with van der Waals surface area (Å²) in [7, 11) is 0. The third-order valence-corrected chi connectivity index (χ3v) is 4.69. The molecule has 0 rings (SSSR count). The molecule has 0 aliphatic rings. The van der Waals surface area contributed by atoms with Gasteiger partial charge in [0.1, 0.15) is 11.2 Å². The molecule has 0 amide bonds. The first-order chi connectivity index (χ1) is 12.1. The summed E-state index contributed by atoms with van der Waals surface area (Å²) in [6, 6.07) is 0. The molecular formula is C18H36O8Ti. The van der Waals surface area contributed by atoms with E-state index in [1.54, 1.807) is 13.8 Å². The standard InChI is InChI=1S/2C6H12O3.2C3H7O.Ti/c2*1-3-4-6(2,9)5(7)8;2*1-3(2)4;/h2*9H,3-4H2,1-2H3,(H,7,8);2*3H,1-2H3;/q;;2*-1;+4/p-2. The van der Waals surface area contributed by atoms with E-state index in [1.165, 1.54) is 13.8 Å². The van der Waals surface area contributed by atoms with Crippen molar-refractivity contribution in [2.45, 2.75) is 104 Å². The molecule has 2 N–H and O–H groups in total. The minimum atomic E-state index is -1.64. The van der Waals surface area contributed by atoms with Crippen molar-refractivity contribution >= 4 is 11.9 Å². The van der Waals surface area contributed by atoms with Gasteiger partial charge in [-0.05, 0) is 26.7 Å². The number of carbonyl (C=O) groups excluding carboxylic acids is 2. The molecule has 0 bridgehead atoms. The SMILES string of the molecule is CC(C)[O][Ti+2][O]C(C)C.CCCC(C)(O)C(=O)[O-].CCCC(C)(O)C(=O)[O-]. The van der Waals surface area contributed by atoms with Gasteiger partial charge in [-0.1, -0.05) is 26.7 Å². The predicted octanol–water partition coefficient (Wildman–Crippen LogP) is 0.324. The van der Waals surface area contributed by atoms with Crippen LogP contribution in [0.4, 0.5) is 0 Å². The average molecular weight is 428 g/mol. The molecule has 0 aromatic heterocycles. The van der Waals surface area contributed by atoms with Crippen LogP contribution in [0, 0.1) is 0 Å². The third kappa shape index (κ3) is 21.7. The van der Waals surface area contributed by atoms with E-state index in [9.17, 15) is 19.8 Å². The Hall–Kier alpha value is -0.506. The fourth-order valence-corrected chi connectivity index (χ4v) is 2.09. The maximum atomic E-state index is 10.0. The second-order valence-electron chi connectivity index (χ2n) is 7.04. The molecule has 0 aromatic rings. The summed E-state index contributed by atoms with van der Waals surface area (Å²) in [4.78, 5) is 20.1. The largest absolute Gasteiger partial charge is 0.547 e. The summed E-state index contributed by atoms with van der Waals surface area (Å²) in [5.74, 6) is -2.80. The van der Waals surface area contributed by atoms with Crippen molar-refractivity contribution in [2.24, 2.45) is 0 Å². The molecule has 2 unspecified atom stereocenters. The van der Waals surface area contributed by atoms with Crippen molar-refractivity contribution in [3.63, 3.8) is 0 Å². The number of aliphatic carboxylic acids is 2. The van der Waals surface area contributed by atoms with Crippen molar-refractivity contribution in [2.75, 3.05) is 0 Å². The second kappa shape index (κ2) is 16.4. The molecule has 0 aromatic carbocycles. The van der Waals surface area contributed by atoms with Crippen molar-refractivity contribution in [3.8, 4) is 0 Å². The van der Waals surface area contributed by atoms with Crippen LogP contribution in [0.15, 0.2) is 0 Å². The molecule has 0 saturated heterocycles. The van der Waals surface area contributed by atoms with Gasteiger partial charge in [0.2, 0.25) is 0 Å². The van der Waals surface area contributed by atoms with Gasteiger partial charge >= 0.3 is 66.5 Å². The number of carboxylic acid groups (broad SMARTS) is 2. The molecule has 27 heavy (non-hydrogen) atoms. The Morgan fingerprint density at radius 1 is 0.852 bits per heavy atom. The molecule has 0 heterocycles. The van der Waals surface area contributed by atoms with Crippen LogP contribution in [0.5, 0.6) is 0 Å². The normalized spacial score (nSPS) is 14.7. The van der Waals surface area contributed by atoms with E-state index in [-0.39, 0.29) is 12.8 Å². The zero-order valence-electron chi connectivity index (χ0n) is 17.8. The monoisotopic (exact) mass is 428 g/mol. The molecule has 0 aliphatic heterocycles. The van der Waals surface area contributed by atoms with E-state index < -0.39 is 43.1 Å². The number of hydrogen-bond donors (Lipinski definition) is 2. The van der Waals surface area contributed by atoms with E-state index in [2.05, 4.69) is 0 Å². The van der Waals surface area contributed by atoms with Gasteiger partial charge in [-0.2, -0.15) is 0 Å². The molecule has 9 heteroatoms. The van der Waals surface area contributed by atoms with Crippen molar-refractivity contribution < 1.29 is 56.6 Å². The maximum Gasteiger partial charge on any atom is 0.101 e. The van der Waals surface area contributed by atoms with E-state index in [0.717, 1.165) is 0 Å². The summed E-state index contributed by atoms with van der Waals surface area (Å²) in [6.07, 6.45) is 2.42. The Balaban J connectivity index is -0.000000320. The Bertz CT molecular complexity index is 359. The van der Waals surface area contributed by atoms with Gasteiger partial charge < -0.3 is 30.0 Å². The van der Waals surface area contributed by atoms with Gasteiger partial charge in [0.25, 0.3) is 0 Å².